The number of sulfonamides is 1. The van der Waals surface area contributed by atoms with Gasteiger partial charge in [0, 0.05) is 24.3 Å². The number of hydrogen-bond acceptors (Lipinski definition) is 3. The Hall–Kier alpha value is -2.34. The molecule has 3 rings (SSSR count). The molecule has 6 heteroatoms. The SMILES string of the molecule is CCCCN1C(=O)CCc2cc(NS(=O)(=O)Cc3ccccc3)ccc21. The minimum Gasteiger partial charge on any atom is -0.312 e. The minimum atomic E-state index is -3.48. The number of carbonyl (C=O) groups is 1. The smallest absolute Gasteiger partial charge is 0.236 e. The first-order chi connectivity index (χ1) is 12.5. The van der Waals surface area contributed by atoms with Gasteiger partial charge in [-0.25, -0.2) is 8.42 Å². The molecule has 0 unspecified atom stereocenters. The summed E-state index contributed by atoms with van der Waals surface area (Å²) in [6, 6.07) is 14.5. The van der Waals surface area contributed by atoms with Crippen molar-refractivity contribution in [3.8, 4) is 0 Å². The first-order valence-corrected chi connectivity index (χ1v) is 10.6. The van der Waals surface area contributed by atoms with Gasteiger partial charge in [0.05, 0.1) is 5.75 Å². The second-order valence-electron chi connectivity index (χ2n) is 6.59. The van der Waals surface area contributed by atoms with E-state index in [-0.39, 0.29) is 11.7 Å². The van der Waals surface area contributed by atoms with Gasteiger partial charge < -0.3 is 4.90 Å². The summed E-state index contributed by atoms with van der Waals surface area (Å²) in [5, 5.41) is 0. The number of nitrogens with zero attached hydrogens (tertiary/aromatic N) is 1. The van der Waals surface area contributed by atoms with Crippen molar-refractivity contribution in [3.05, 3.63) is 59.7 Å². The topological polar surface area (TPSA) is 66.5 Å². The fraction of sp³-hybridized carbons (Fsp3) is 0.350. The molecular weight excluding hydrogens is 348 g/mol. The highest BCUT2D eigenvalue weighted by atomic mass is 32.2. The molecule has 1 aliphatic heterocycles. The molecule has 5 nitrogen and oxygen atoms in total. The van der Waals surface area contributed by atoms with E-state index in [0.717, 1.165) is 29.7 Å². The van der Waals surface area contributed by atoms with E-state index in [1.54, 1.807) is 18.2 Å². The number of aryl methyl sites for hydroxylation is 1. The number of benzene rings is 2. The average Bonchev–Trinajstić information content (AvgIpc) is 2.61. The van der Waals surface area contributed by atoms with E-state index in [2.05, 4.69) is 11.6 Å². The number of unbranched alkanes of at least 4 members (excludes halogenated alkanes) is 1. The summed E-state index contributed by atoms with van der Waals surface area (Å²) < 4.78 is 27.5. The van der Waals surface area contributed by atoms with Gasteiger partial charge in [-0.05, 0) is 42.2 Å². The molecular formula is C20H24N2O3S. The van der Waals surface area contributed by atoms with E-state index in [4.69, 9.17) is 0 Å². The lowest BCUT2D eigenvalue weighted by atomic mass is 10.00. The Morgan fingerprint density at radius 2 is 1.85 bits per heavy atom. The van der Waals surface area contributed by atoms with Gasteiger partial charge in [-0.1, -0.05) is 43.7 Å². The lowest BCUT2D eigenvalue weighted by Gasteiger charge is -2.29. The fourth-order valence-electron chi connectivity index (χ4n) is 3.19. The molecule has 1 heterocycles. The zero-order valence-corrected chi connectivity index (χ0v) is 15.8. The van der Waals surface area contributed by atoms with Gasteiger partial charge in [0.15, 0.2) is 0 Å². The Balaban J connectivity index is 1.77. The molecule has 0 bridgehead atoms. The largest absolute Gasteiger partial charge is 0.312 e. The van der Waals surface area contributed by atoms with Crippen molar-refractivity contribution in [1.82, 2.24) is 0 Å². The predicted molar refractivity (Wildman–Crippen MR) is 105 cm³/mol. The Bertz CT molecular complexity index is 879. The van der Waals surface area contributed by atoms with Crippen LogP contribution in [0.25, 0.3) is 0 Å². The van der Waals surface area contributed by atoms with Crippen LogP contribution in [-0.4, -0.2) is 20.9 Å². The van der Waals surface area contributed by atoms with Crippen LogP contribution in [-0.2, 0) is 27.0 Å². The van der Waals surface area contributed by atoms with E-state index in [1.807, 2.05) is 35.2 Å². The Morgan fingerprint density at radius 3 is 2.58 bits per heavy atom. The van der Waals surface area contributed by atoms with Gasteiger partial charge >= 0.3 is 0 Å². The Morgan fingerprint density at radius 1 is 1.08 bits per heavy atom. The molecule has 138 valence electrons. The number of rotatable bonds is 7. The number of carbonyl (C=O) groups excluding carboxylic acids is 1. The third kappa shape index (κ3) is 4.43. The molecule has 1 aliphatic rings. The van der Waals surface area contributed by atoms with Crippen LogP contribution in [0.5, 0.6) is 0 Å². The summed E-state index contributed by atoms with van der Waals surface area (Å²) in [4.78, 5) is 14.0. The molecule has 0 fully saturated rings. The molecule has 0 aliphatic carbocycles. The predicted octanol–water partition coefficient (Wildman–Crippen LogP) is 3.71. The zero-order chi connectivity index (χ0) is 18.6. The number of hydrogen-bond donors (Lipinski definition) is 1. The third-order valence-electron chi connectivity index (χ3n) is 4.49. The number of nitrogens with one attached hydrogen (secondary N) is 1. The zero-order valence-electron chi connectivity index (χ0n) is 14.9. The second kappa shape index (κ2) is 7.91. The van der Waals surface area contributed by atoms with E-state index in [0.29, 0.717) is 25.1 Å². The summed E-state index contributed by atoms with van der Waals surface area (Å²) in [6.07, 6.45) is 3.09. The molecule has 1 amide bonds. The van der Waals surface area contributed by atoms with Crippen LogP contribution in [0.2, 0.25) is 0 Å². The van der Waals surface area contributed by atoms with Crippen LogP contribution < -0.4 is 9.62 Å². The van der Waals surface area contributed by atoms with Crippen molar-refractivity contribution in [2.45, 2.75) is 38.4 Å². The number of amides is 1. The number of fused-ring (bicyclic) bond motifs is 1. The molecule has 0 radical (unpaired) electrons. The van der Waals surface area contributed by atoms with Crippen molar-refractivity contribution in [1.29, 1.82) is 0 Å². The minimum absolute atomic E-state index is 0.0635. The molecule has 1 N–H and O–H groups in total. The van der Waals surface area contributed by atoms with Crippen LogP contribution in [0.1, 0.15) is 37.3 Å². The first kappa shape index (κ1) is 18.5. The molecule has 0 saturated carbocycles. The van der Waals surface area contributed by atoms with Gasteiger partial charge in [0.1, 0.15) is 0 Å². The van der Waals surface area contributed by atoms with Crippen LogP contribution in [0.15, 0.2) is 48.5 Å². The summed E-state index contributed by atoms with van der Waals surface area (Å²) in [5.74, 6) is 0.0785. The van der Waals surface area contributed by atoms with Crippen molar-refractivity contribution in [2.24, 2.45) is 0 Å². The van der Waals surface area contributed by atoms with E-state index >= 15 is 0 Å². The van der Waals surface area contributed by atoms with Crippen LogP contribution in [0.3, 0.4) is 0 Å². The molecule has 0 aromatic heterocycles. The maximum absolute atomic E-state index is 12.4. The third-order valence-corrected chi connectivity index (χ3v) is 5.75. The van der Waals surface area contributed by atoms with Gasteiger partial charge in [0.25, 0.3) is 0 Å². The van der Waals surface area contributed by atoms with Crippen molar-refractivity contribution in [3.63, 3.8) is 0 Å². The monoisotopic (exact) mass is 372 g/mol. The molecule has 2 aromatic carbocycles. The summed E-state index contributed by atoms with van der Waals surface area (Å²) in [5.41, 5.74) is 3.21. The number of anilines is 2. The quantitative estimate of drug-likeness (QED) is 0.806. The standard InChI is InChI=1S/C20H24N2O3S/c1-2-3-13-22-19-11-10-18(14-17(19)9-12-20(22)23)21-26(24,25)15-16-7-5-4-6-8-16/h4-8,10-11,14,21H,2-3,9,12-13,15H2,1H3. The average molecular weight is 372 g/mol. The molecule has 26 heavy (non-hydrogen) atoms. The van der Waals surface area contributed by atoms with Crippen LogP contribution >= 0.6 is 0 Å². The normalized spacial score (nSPS) is 14.2. The molecule has 2 aromatic rings. The highest BCUT2D eigenvalue weighted by Crippen LogP contribution is 2.31. The van der Waals surface area contributed by atoms with Crippen molar-refractivity contribution >= 4 is 27.3 Å². The first-order valence-electron chi connectivity index (χ1n) is 8.96. The fourth-order valence-corrected chi connectivity index (χ4v) is 4.38. The maximum atomic E-state index is 12.4. The van der Waals surface area contributed by atoms with Gasteiger partial charge in [-0.15, -0.1) is 0 Å². The molecule has 0 atom stereocenters. The lowest BCUT2D eigenvalue weighted by Crippen LogP contribution is -2.35. The van der Waals surface area contributed by atoms with Crippen LogP contribution in [0.4, 0.5) is 11.4 Å². The summed E-state index contributed by atoms with van der Waals surface area (Å²) in [7, 11) is -3.48. The highest BCUT2D eigenvalue weighted by molar-refractivity contribution is 7.91. The van der Waals surface area contributed by atoms with E-state index < -0.39 is 10.0 Å². The van der Waals surface area contributed by atoms with Crippen LogP contribution in [0, 0.1) is 0 Å². The lowest BCUT2D eigenvalue weighted by molar-refractivity contribution is -0.118. The molecule has 0 spiro atoms. The summed E-state index contributed by atoms with van der Waals surface area (Å²) >= 11 is 0. The Labute approximate surface area is 155 Å². The van der Waals surface area contributed by atoms with Crippen molar-refractivity contribution < 1.29 is 13.2 Å². The highest BCUT2D eigenvalue weighted by Gasteiger charge is 2.24. The van der Waals surface area contributed by atoms with Gasteiger partial charge in [-0.2, -0.15) is 0 Å². The Kier molecular flexibility index (Phi) is 5.61. The van der Waals surface area contributed by atoms with E-state index in [9.17, 15) is 13.2 Å². The van der Waals surface area contributed by atoms with Gasteiger partial charge in [-0.3, -0.25) is 9.52 Å². The molecule has 0 saturated heterocycles. The summed E-state index contributed by atoms with van der Waals surface area (Å²) in [6.45, 7) is 2.81. The second-order valence-corrected chi connectivity index (χ2v) is 8.31. The van der Waals surface area contributed by atoms with Crippen molar-refractivity contribution in [2.75, 3.05) is 16.2 Å². The maximum Gasteiger partial charge on any atom is 0.236 e. The van der Waals surface area contributed by atoms with E-state index in [1.165, 1.54) is 0 Å². The van der Waals surface area contributed by atoms with Gasteiger partial charge in [0.2, 0.25) is 15.9 Å².